The molecule has 1 fully saturated rings. The summed E-state index contributed by atoms with van der Waals surface area (Å²) in [6, 6.07) is 9.68. The van der Waals surface area contributed by atoms with Gasteiger partial charge in [-0.3, -0.25) is 4.99 Å². The number of benzene rings is 1. The maximum Gasteiger partial charge on any atom is 0.191 e. The molecule has 1 aromatic carbocycles. The maximum absolute atomic E-state index is 4.57. The van der Waals surface area contributed by atoms with Crippen LogP contribution in [0.1, 0.15) is 37.7 Å². The van der Waals surface area contributed by atoms with Gasteiger partial charge in [0.1, 0.15) is 0 Å². The van der Waals surface area contributed by atoms with Crippen molar-refractivity contribution in [3.05, 3.63) is 46.5 Å². The molecule has 2 atom stereocenters. The monoisotopic (exact) mass is 475 g/mol. The summed E-state index contributed by atoms with van der Waals surface area (Å²) >= 11 is 3.49. The summed E-state index contributed by atoms with van der Waals surface area (Å²) in [6.07, 6.45) is 7.87. The number of halogens is 2. The third kappa shape index (κ3) is 4.72. The molecule has 2 aliphatic rings. The van der Waals surface area contributed by atoms with Crippen LogP contribution in [0.4, 0.5) is 0 Å². The Balaban J connectivity index is 0.00000176. The number of guanidine groups is 1. The van der Waals surface area contributed by atoms with Crippen molar-refractivity contribution in [1.82, 2.24) is 10.6 Å². The standard InChI is InChI=1S/C17H22BrN3.HI/c1-2-19-17(20-14-5-3-4-6-14)21-16-11-15(16)12-7-9-13(18)10-8-12;/h3-4,7-10,14-16H,2,5-6,11H2,1H3,(H2,19,20,21);1H. The van der Waals surface area contributed by atoms with Crippen LogP contribution < -0.4 is 10.6 Å². The molecule has 1 saturated carbocycles. The first-order valence-electron chi connectivity index (χ1n) is 7.74. The average Bonchev–Trinajstić information content (AvgIpc) is 3.04. The zero-order chi connectivity index (χ0) is 14.7. The Kier molecular flexibility index (Phi) is 6.74. The molecule has 0 heterocycles. The van der Waals surface area contributed by atoms with Crippen LogP contribution in [0, 0.1) is 0 Å². The number of hydrogen-bond donors (Lipinski definition) is 2. The predicted molar refractivity (Wildman–Crippen MR) is 107 cm³/mol. The molecule has 0 aromatic heterocycles. The van der Waals surface area contributed by atoms with Crippen molar-refractivity contribution in [3.8, 4) is 0 Å². The maximum atomic E-state index is 4.57. The van der Waals surface area contributed by atoms with Crippen molar-refractivity contribution in [1.29, 1.82) is 0 Å². The smallest absolute Gasteiger partial charge is 0.191 e. The van der Waals surface area contributed by atoms with E-state index in [2.05, 4.69) is 74.9 Å². The third-order valence-electron chi connectivity index (χ3n) is 4.08. The molecular weight excluding hydrogens is 453 g/mol. The summed E-state index contributed by atoms with van der Waals surface area (Å²) in [5.74, 6) is 1.58. The second-order valence-corrected chi connectivity index (χ2v) is 6.67. The molecule has 120 valence electrons. The lowest BCUT2D eigenvalue weighted by molar-refractivity contribution is 0.629. The average molecular weight is 476 g/mol. The van der Waals surface area contributed by atoms with Crippen molar-refractivity contribution < 1.29 is 0 Å². The van der Waals surface area contributed by atoms with Gasteiger partial charge in [0.15, 0.2) is 5.96 Å². The van der Waals surface area contributed by atoms with Gasteiger partial charge in [0.05, 0.1) is 0 Å². The molecule has 2 aliphatic carbocycles. The van der Waals surface area contributed by atoms with E-state index in [0.29, 0.717) is 18.0 Å². The molecule has 22 heavy (non-hydrogen) atoms. The predicted octanol–water partition coefficient (Wildman–Crippen LogP) is 4.20. The summed E-state index contributed by atoms with van der Waals surface area (Å²) in [5, 5.41) is 7.12. The van der Waals surface area contributed by atoms with Gasteiger partial charge in [-0.2, -0.15) is 0 Å². The highest BCUT2D eigenvalue weighted by Crippen LogP contribution is 2.41. The van der Waals surface area contributed by atoms with E-state index in [1.165, 1.54) is 12.0 Å². The van der Waals surface area contributed by atoms with E-state index in [-0.39, 0.29) is 24.0 Å². The second kappa shape index (κ2) is 8.34. The van der Waals surface area contributed by atoms with E-state index in [1.807, 2.05) is 0 Å². The van der Waals surface area contributed by atoms with Gasteiger partial charge < -0.3 is 10.6 Å². The lowest BCUT2D eigenvalue weighted by Crippen LogP contribution is -2.43. The van der Waals surface area contributed by atoms with E-state index in [0.717, 1.165) is 29.8 Å². The van der Waals surface area contributed by atoms with E-state index < -0.39 is 0 Å². The minimum atomic E-state index is 0. The van der Waals surface area contributed by atoms with Crippen LogP contribution in [0.25, 0.3) is 0 Å². The summed E-state index contributed by atoms with van der Waals surface area (Å²) in [4.78, 5) is 4.57. The summed E-state index contributed by atoms with van der Waals surface area (Å²) in [7, 11) is 0. The Morgan fingerprint density at radius 3 is 2.50 bits per heavy atom. The van der Waals surface area contributed by atoms with E-state index in [4.69, 9.17) is 0 Å². The molecule has 0 amide bonds. The molecular formula is C17H23BrIN3. The van der Waals surface area contributed by atoms with Crippen molar-refractivity contribution in [2.45, 2.75) is 44.2 Å². The lowest BCUT2D eigenvalue weighted by Gasteiger charge is -2.17. The first kappa shape index (κ1) is 17.8. The lowest BCUT2D eigenvalue weighted by atomic mass is 10.1. The van der Waals surface area contributed by atoms with Gasteiger partial charge in [-0.05, 0) is 43.9 Å². The highest BCUT2D eigenvalue weighted by molar-refractivity contribution is 14.0. The number of nitrogens with one attached hydrogen (secondary N) is 2. The molecule has 5 heteroatoms. The van der Waals surface area contributed by atoms with Crippen LogP contribution in [0.5, 0.6) is 0 Å². The summed E-state index contributed by atoms with van der Waals surface area (Å²) in [5.41, 5.74) is 1.41. The van der Waals surface area contributed by atoms with Crippen molar-refractivity contribution in [3.63, 3.8) is 0 Å². The largest absolute Gasteiger partial charge is 0.353 e. The van der Waals surface area contributed by atoms with Gasteiger partial charge in [0, 0.05) is 29.0 Å². The number of hydrogen-bond acceptors (Lipinski definition) is 1. The van der Waals surface area contributed by atoms with Crippen molar-refractivity contribution >= 4 is 45.9 Å². The van der Waals surface area contributed by atoms with Crippen LogP contribution >= 0.6 is 39.9 Å². The Morgan fingerprint density at radius 2 is 1.86 bits per heavy atom. The highest BCUT2D eigenvalue weighted by Gasteiger charge is 2.39. The molecule has 3 rings (SSSR count). The quantitative estimate of drug-likeness (QED) is 0.296. The third-order valence-corrected chi connectivity index (χ3v) is 4.60. The SMILES string of the molecule is CCN=C(NC1CC=CC1)NC1CC1c1ccc(Br)cc1.I. The Hall–Kier alpha value is -0.560. The van der Waals surface area contributed by atoms with Gasteiger partial charge >= 0.3 is 0 Å². The molecule has 0 saturated heterocycles. The molecule has 2 unspecified atom stereocenters. The molecule has 3 nitrogen and oxygen atoms in total. The van der Waals surface area contributed by atoms with Gasteiger partial charge in [-0.1, -0.05) is 40.2 Å². The summed E-state index contributed by atoms with van der Waals surface area (Å²) in [6.45, 7) is 2.89. The molecule has 0 aliphatic heterocycles. The fourth-order valence-corrected chi connectivity index (χ4v) is 3.09. The summed E-state index contributed by atoms with van der Waals surface area (Å²) < 4.78 is 1.14. The Morgan fingerprint density at radius 1 is 1.18 bits per heavy atom. The zero-order valence-electron chi connectivity index (χ0n) is 12.8. The number of nitrogens with zero attached hydrogens (tertiary/aromatic N) is 1. The fraction of sp³-hybridized carbons (Fsp3) is 0.471. The minimum Gasteiger partial charge on any atom is -0.353 e. The topological polar surface area (TPSA) is 36.4 Å². The van der Waals surface area contributed by atoms with Crippen molar-refractivity contribution in [2.24, 2.45) is 4.99 Å². The fourth-order valence-electron chi connectivity index (χ4n) is 2.83. The second-order valence-electron chi connectivity index (χ2n) is 5.75. The molecule has 2 N–H and O–H groups in total. The minimum absolute atomic E-state index is 0. The van der Waals surface area contributed by atoms with Crippen LogP contribution in [-0.4, -0.2) is 24.6 Å². The van der Waals surface area contributed by atoms with Gasteiger partial charge in [-0.15, -0.1) is 24.0 Å². The first-order chi connectivity index (χ1) is 10.3. The van der Waals surface area contributed by atoms with Gasteiger partial charge in [0.25, 0.3) is 0 Å². The van der Waals surface area contributed by atoms with Crippen LogP contribution in [0.15, 0.2) is 45.9 Å². The van der Waals surface area contributed by atoms with Crippen LogP contribution in [0.3, 0.4) is 0 Å². The first-order valence-corrected chi connectivity index (χ1v) is 8.53. The normalized spacial score (nSPS) is 24.0. The Bertz CT molecular complexity index is 533. The molecule has 0 radical (unpaired) electrons. The van der Waals surface area contributed by atoms with Crippen LogP contribution in [-0.2, 0) is 0 Å². The number of aliphatic imine (C=N–C) groups is 1. The Labute approximate surface area is 158 Å². The molecule has 0 spiro atoms. The molecule has 0 bridgehead atoms. The number of rotatable bonds is 4. The zero-order valence-corrected chi connectivity index (χ0v) is 16.7. The van der Waals surface area contributed by atoms with Gasteiger partial charge in [-0.25, -0.2) is 0 Å². The highest BCUT2D eigenvalue weighted by atomic mass is 127. The van der Waals surface area contributed by atoms with Gasteiger partial charge in [0.2, 0.25) is 0 Å². The van der Waals surface area contributed by atoms with E-state index in [9.17, 15) is 0 Å². The molecule has 1 aromatic rings. The van der Waals surface area contributed by atoms with E-state index >= 15 is 0 Å². The van der Waals surface area contributed by atoms with Crippen molar-refractivity contribution in [2.75, 3.05) is 6.54 Å². The van der Waals surface area contributed by atoms with E-state index in [1.54, 1.807) is 0 Å². The van der Waals surface area contributed by atoms with Crippen LogP contribution in [0.2, 0.25) is 0 Å².